The number of carbonyl (C=O) groups is 3. The van der Waals surface area contributed by atoms with Gasteiger partial charge in [0.2, 0.25) is 0 Å². The summed E-state index contributed by atoms with van der Waals surface area (Å²) >= 11 is 0. The average Bonchev–Trinajstić information content (AvgIpc) is 3.23. The van der Waals surface area contributed by atoms with E-state index in [9.17, 15) is 28.9 Å². The second-order valence-corrected chi connectivity index (χ2v) is 9.44. The zero-order chi connectivity index (χ0) is 23.0. The van der Waals surface area contributed by atoms with Crippen LogP contribution in [-0.4, -0.2) is 63.7 Å². The number of unbranched alkanes of at least 4 members (excludes halogenated alkanes) is 1. The lowest BCUT2D eigenvalue weighted by Gasteiger charge is -2.29. The van der Waals surface area contributed by atoms with E-state index in [0.717, 1.165) is 4.90 Å². The zero-order valence-electron chi connectivity index (χ0n) is 17.5. The zero-order valence-corrected chi connectivity index (χ0v) is 18.4. The molecule has 0 bridgehead atoms. The first-order valence-electron chi connectivity index (χ1n) is 10.3. The van der Waals surface area contributed by atoms with Crippen molar-refractivity contribution in [2.75, 3.05) is 13.1 Å². The van der Waals surface area contributed by atoms with Gasteiger partial charge in [0.25, 0.3) is 11.8 Å². The van der Waals surface area contributed by atoms with Gasteiger partial charge in [0.1, 0.15) is 17.9 Å². The number of carboxylic acid groups (broad SMARTS) is 1. The number of hydrogen-bond donors (Lipinski definition) is 4. The van der Waals surface area contributed by atoms with E-state index in [2.05, 4.69) is 5.32 Å². The van der Waals surface area contributed by atoms with E-state index in [4.69, 9.17) is 10.3 Å². The average molecular weight is 455 g/mol. The van der Waals surface area contributed by atoms with Gasteiger partial charge in [-0.1, -0.05) is 18.2 Å². The van der Waals surface area contributed by atoms with Crippen LogP contribution in [0, 0.1) is 0 Å². The lowest BCUT2D eigenvalue weighted by molar-refractivity contribution is -0.151. The second-order valence-electron chi connectivity index (χ2n) is 7.48. The van der Waals surface area contributed by atoms with Gasteiger partial charge >= 0.3 is 13.6 Å². The van der Waals surface area contributed by atoms with Gasteiger partial charge in [-0.05, 0) is 57.7 Å². The highest BCUT2D eigenvalue weighted by Crippen LogP contribution is 2.49. The van der Waals surface area contributed by atoms with Gasteiger partial charge in [-0.2, -0.15) is 0 Å². The summed E-state index contributed by atoms with van der Waals surface area (Å²) in [6, 6.07) is 7.24. The number of carbonyl (C=O) groups excluding carboxylic acids is 2. The molecule has 0 radical (unpaired) electrons. The van der Waals surface area contributed by atoms with E-state index < -0.39 is 43.3 Å². The highest BCUT2D eigenvalue weighted by Gasteiger charge is 2.41. The van der Waals surface area contributed by atoms with Crippen molar-refractivity contribution in [1.29, 1.82) is 0 Å². The van der Waals surface area contributed by atoms with Crippen LogP contribution in [0.2, 0.25) is 0 Å². The fourth-order valence-electron chi connectivity index (χ4n) is 3.49. The minimum absolute atomic E-state index is 0.131. The molecule has 0 spiro atoms. The van der Waals surface area contributed by atoms with Crippen LogP contribution < -0.4 is 11.1 Å². The molecule has 5 N–H and O–H groups in total. The number of nitrogens with one attached hydrogen (secondary N) is 1. The number of carboxylic acids is 1. The molecule has 0 saturated carbocycles. The molecule has 172 valence electrons. The molecule has 2 rings (SSSR count). The predicted octanol–water partition coefficient (Wildman–Crippen LogP) is 1.54. The Morgan fingerprint density at radius 3 is 2.58 bits per heavy atom. The van der Waals surface area contributed by atoms with E-state index in [1.54, 1.807) is 30.3 Å². The van der Waals surface area contributed by atoms with Crippen molar-refractivity contribution >= 4 is 25.4 Å². The Hall–Kier alpha value is -2.26. The molecule has 1 saturated heterocycles. The van der Waals surface area contributed by atoms with Crippen LogP contribution in [0.15, 0.2) is 30.3 Å². The number of benzene rings is 1. The first-order chi connectivity index (χ1) is 14.7. The fourth-order valence-corrected chi connectivity index (χ4v) is 4.97. The van der Waals surface area contributed by atoms with Crippen molar-refractivity contribution in [2.24, 2.45) is 5.73 Å². The third kappa shape index (κ3) is 6.87. The smallest absolute Gasteiger partial charge is 0.350 e. The van der Waals surface area contributed by atoms with Crippen LogP contribution in [0.25, 0.3) is 0 Å². The monoisotopic (exact) mass is 455 g/mol. The summed E-state index contributed by atoms with van der Waals surface area (Å²) in [6.45, 7) is 1.93. The Balaban J connectivity index is 2.11. The summed E-state index contributed by atoms with van der Waals surface area (Å²) in [6.07, 6.45) is 0.688. The molecule has 31 heavy (non-hydrogen) atoms. The van der Waals surface area contributed by atoms with Crippen molar-refractivity contribution < 1.29 is 33.5 Å². The van der Waals surface area contributed by atoms with E-state index in [1.807, 2.05) is 0 Å². The molecule has 2 amide bonds. The van der Waals surface area contributed by atoms with Gasteiger partial charge in [0.05, 0.1) is 0 Å². The Kier molecular flexibility index (Phi) is 9.18. The second kappa shape index (κ2) is 11.4. The number of nitrogens with zero attached hydrogens (tertiary/aromatic N) is 1. The summed E-state index contributed by atoms with van der Waals surface area (Å²) in [7, 11) is -4.48. The first kappa shape index (κ1) is 25.0. The van der Waals surface area contributed by atoms with Crippen LogP contribution in [0.4, 0.5) is 0 Å². The van der Waals surface area contributed by atoms with Crippen molar-refractivity contribution in [1.82, 2.24) is 10.2 Å². The molecule has 10 nitrogen and oxygen atoms in total. The molecular weight excluding hydrogens is 425 g/mol. The first-order valence-corrected chi connectivity index (χ1v) is 11.9. The van der Waals surface area contributed by atoms with Gasteiger partial charge in [0.15, 0.2) is 0 Å². The topological polar surface area (TPSA) is 159 Å². The van der Waals surface area contributed by atoms with Crippen LogP contribution in [0.3, 0.4) is 0 Å². The molecule has 11 heteroatoms. The standard InChI is InChI=1S/C20H30N3O7P/c1-14(19(25)23-13-7-10-16(23)20(26)27)30-31(28,29)17(11-5-6-12-21)22-18(24)15-8-3-2-4-9-15/h2-4,8-9,14,16-17H,5-7,10-13,21H2,1H3,(H,22,24)(H,26,27)(H,28,29)/t14?,16-,17-/m0/s1. The van der Waals surface area contributed by atoms with Crippen LogP contribution >= 0.6 is 7.60 Å². The fraction of sp³-hybridized carbons (Fsp3) is 0.550. The number of amides is 2. The van der Waals surface area contributed by atoms with Crippen molar-refractivity contribution in [2.45, 2.75) is 57.0 Å². The molecule has 1 heterocycles. The van der Waals surface area contributed by atoms with Crippen LogP contribution in [0.5, 0.6) is 0 Å². The van der Waals surface area contributed by atoms with Gasteiger partial charge in [-0.25, -0.2) is 4.79 Å². The normalized spacial score (nSPS) is 20.0. The Labute approximate surface area is 181 Å². The minimum atomic E-state index is -4.48. The third-order valence-corrected chi connectivity index (χ3v) is 6.93. The Morgan fingerprint density at radius 1 is 1.29 bits per heavy atom. The number of rotatable bonds is 11. The van der Waals surface area contributed by atoms with Crippen molar-refractivity contribution in [3.05, 3.63) is 35.9 Å². The quantitative estimate of drug-likeness (QED) is 0.289. The maximum atomic E-state index is 13.0. The number of likely N-dealkylation sites (tertiary alicyclic amines) is 1. The molecule has 4 atom stereocenters. The van der Waals surface area contributed by atoms with Crippen molar-refractivity contribution in [3.63, 3.8) is 0 Å². The van der Waals surface area contributed by atoms with Gasteiger partial charge in [-0.3, -0.25) is 18.7 Å². The van der Waals surface area contributed by atoms with E-state index >= 15 is 0 Å². The highest BCUT2D eigenvalue weighted by molar-refractivity contribution is 7.53. The molecule has 1 aliphatic heterocycles. The predicted molar refractivity (Wildman–Crippen MR) is 113 cm³/mol. The molecular formula is C20H30N3O7P. The van der Waals surface area contributed by atoms with Gasteiger partial charge in [-0.15, -0.1) is 0 Å². The minimum Gasteiger partial charge on any atom is -0.480 e. The van der Waals surface area contributed by atoms with Crippen LogP contribution in [-0.2, 0) is 18.7 Å². The van der Waals surface area contributed by atoms with Crippen molar-refractivity contribution in [3.8, 4) is 0 Å². The lowest BCUT2D eigenvalue weighted by Crippen LogP contribution is -2.45. The summed E-state index contributed by atoms with van der Waals surface area (Å²) in [5.74, 6) is -3.58. The maximum Gasteiger partial charge on any atom is 0.350 e. The molecule has 0 aromatic heterocycles. The number of aliphatic carboxylic acids is 1. The molecule has 1 aromatic carbocycles. The molecule has 0 aliphatic carbocycles. The summed E-state index contributed by atoms with van der Waals surface area (Å²) < 4.78 is 18.3. The van der Waals surface area contributed by atoms with E-state index in [-0.39, 0.29) is 13.0 Å². The Bertz CT molecular complexity index is 820. The van der Waals surface area contributed by atoms with Gasteiger partial charge in [0, 0.05) is 12.1 Å². The third-order valence-electron chi connectivity index (χ3n) is 5.14. The SMILES string of the molecule is CC(OP(=O)(O)[C@@H](CCCCN)NC(=O)c1ccccc1)C(=O)N1CCC[C@H]1C(=O)O. The molecule has 1 aliphatic rings. The van der Waals surface area contributed by atoms with Crippen LogP contribution in [0.1, 0.15) is 49.4 Å². The molecule has 1 fully saturated rings. The Morgan fingerprint density at radius 2 is 1.97 bits per heavy atom. The summed E-state index contributed by atoms with van der Waals surface area (Å²) in [4.78, 5) is 48.3. The number of nitrogens with two attached hydrogens (primary N) is 1. The summed E-state index contributed by atoms with van der Waals surface area (Å²) in [5, 5.41) is 11.8. The maximum absolute atomic E-state index is 13.0. The highest BCUT2D eigenvalue weighted by atomic mass is 31.2. The molecule has 2 unspecified atom stereocenters. The number of hydrogen-bond acceptors (Lipinski definition) is 6. The molecule has 1 aromatic rings. The summed E-state index contributed by atoms with van der Waals surface area (Å²) in [5.41, 5.74) is 5.81. The van der Waals surface area contributed by atoms with Gasteiger partial charge < -0.3 is 26.0 Å². The largest absolute Gasteiger partial charge is 0.480 e. The van der Waals surface area contributed by atoms with E-state index in [1.165, 1.54) is 6.92 Å². The van der Waals surface area contributed by atoms with E-state index in [0.29, 0.717) is 37.8 Å². The lowest BCUT2D eigenvalue weighted by atomic mass is 10.2.